The van der Waals surface area contributed by atoms with Gasteiger partial charge in [-0.2, -0.15) is 0 Å². The third kappa shape index (κ3) is 3.39. The van der Waals surface area contributed by atoms with E-state index in [2.05, 4.69) is 4.98 Å². The predicted molar refractivity (Wildman–Crippen MR) is 98.4 cm³/mol. The first-order valence-electron chi connectivity index (χ1n) is 8.83. The Labute approximate surface area is 170 Å². The van der Waals surface area contributed by atoms with Crippen LogP contribution in [0.3, 0.4) is 0 Å². The molecule has 0 bridgehead atoms. The molecule has 12 heteroatoms. The first kappa shape index (κ1) is 20.8. The van der Waals surface area contributed by atoms with Crippen LogP contribution in [0.4, 0.5) is 23.4 Å². The van der Waals surface area contributed by atoms with Crippen molar-refractivity contribution in [3.05, 3.63) is 63.5 Å². The van der Waals surface area contributed by atoms with Crippen LogP contribution in [0.15, 0.2) is 29.2 Å². The molecule has 31 heavy (non-hydrogen) atoms. The fraction of sp³-hybridized carbons (Fsp3) is 0.211. The number of pyridine rings is 2. The van der Waals surface area contributed by atoms with Crippen LogP contribution in [0.5, 0.6) is 0 Å². The van der Waals surface area contributed by atoms with Gasteiger partial charge in [0.05, 0.1) is 17.6 Å². The van der Waals surface area contributed by atoms with E-state index in [0.29, 0.717) is 29.0 Å². The Bertz CT molecular complexity index is 1260. The molecule has 2 unspecified atom stereocenters. The molecule has 162 valence electrons. The van der Waals surface area contributed by atoms with Gasteiger partial charge in [-0.15, -0.1) is 0 Å². The van der Waals surface area contributed by atoms with Gasteiger partial charge in [-0.3, -0.25) is 9.36 Å². The number of carboxylic acids is 1. The van der Waals surface area contributed by atoms with Crippen LogP contribution >= 0.6 is 0 Å². The molecule has 1 aliphatic rings. The Kier molecular flexibility index (Phi) is 4.90. The molecule has 1 aromatic carbocycles. The predicted octanol–water partition coefficient (Wildman–Crippen LogP) is 1.18. The van der Waals surface area contributed by atoms with Crippen LogP contribution in [0.2, 0.25) is 0 Å². The van der Waals surface area contributed by atoms with Crippen LogP contribution < -0.4 is 10.3 Å². The molecule has 0 amide bonds. The standard InChI is InChI=1S/C19H13F4N3O5/c20-7-1-10(21)15(11(22)2-7)26-4-9(19(30)31)16(29)8-3-12(23)18(24-17(8)26)25-5-13(27)14(28)6-25/h1-4,13-14,27-28H,5-6H2,(H,30,31). The lowest BCUT2D eigenvalue weighted by atomic mass is 10.1. The number of carbonyl (C=O) groups is 1. The Hall–Kier alpha value is -3.51. The van der Waals surface area contributed by atoms with Crippen molar-refractivity contribution in [3.8, 4) is 5.69 Å². The van der Waals surface area contributed by atoms with Crippen LogP contribution in [0, 0.1) is 23.3 Å². The minimum atomic E-state index is -1.74. The summed E-state index contributed by atoms with van der Waals surface area (Å²) in [7, 11) is 0. The summed E-state index contributed by atoms with van der Waals surface area (Å²) in [6.07, 6.45) is -1.81. The molecule has 3 aromatic rings. The second kappa shape index (κ2) is 7.32. The monoisotopic (exact) mass is 439 g/mol. The molecule has 3 N–H and O–H groups in total. The average Bonchev–Trinajstić information content (AvgIpc) is 3.00. The molecule has 0 spiro atoms. The summed E-state index contributed by atoms with van der Waals surface area (Å²) in [6, 6.07) is 1.35. The third-order valence-corrected chi connectivity index (χ3v) is 4.92. The topological polar surface area (TPSA) is 116 Å². The highest BCUT2D eigenvalue weighted by Crippen LogP contribution is 2.28. The van der Waals surface area contributed by atoms with Gasteiger partial charge >= 0.3 is 5.97 Å². The van der Waals surface area contributed by atoms with Gasteiger partial charge < -0.3 is 20.2 Å². The molecule has 1 aliphatic heterocycles. The number of aliphatic hydroxyl groups is 2. The lowest BCUT2D eigenvalue weighted by molar-refractivity contribution is 0.0572. The molecule has 1 saturated heterocycles. The molecule has 2 atom stereocenters. The minimum Gasteiger partial charge on any atom is -0.477 e. The number of aromatic carboxylic acids is 1. The number of benzene rings is 1. The number of rotatable bonds is 3. The SMILES string of the molecule is O=C(O)c1cn(-c2c(F)cc(F)cc2F)c2nc(N3CC(O)C(O)C3)c(F)cc2c1=O. The van der Waals surface area contributed by atoms with Gasteiger partial charge in [-0.05, 0) is 6.07 Å². The number of nitrogens with zero attached hydrogens (tertiary/aromatic N) is 3. The first-order valence-corrected chi connectivity index (χ1v) is 8.83. The van der Waals surface area contributed by atoms with Crippen molar-refractivity contribution in [2.45, 2.75) is 12.2 Å². The van der Waals surface area contributed by atoms with E-state index in [9.17, 15) is 42.5 Å². The fourth-order valence-electron chi connectivity index (χ4n) is 3.47. The molecule has 2 aromatic heterocycles. The summed E-state index contributed by atoms with van der Waals surface area (Å²) in [5, 5.41) is 28.1. The van der Waals surface area contributed by atoms with Gasteiger partial charge in [-0.25, -0.2) is 27.3 Å². The molecule has 1 fully saturated rings. The number of carboxylic acid groups (broad SMARTS) is 1. The van der Waals surface area contributed by atoms with E-state index in [-0.39, 0.29) is 13.1 Å². The van der Waals surface area contributed by atoms with Gasteiger partial charge in [0, 0.05) is 31.4 Å². The molecular weight excluding hydrogens is 426 g/mol. The van der Waals surface area contributed by atoms with Gasteiger partial charge in [0.25, 0.3) is 0 Å². The second-order valence-corrected chi connectivity index (χ2v) is 6.97. The van der Waals surface area contributed by atoms with Crippen LogP contribution in [0.25, 0.3) is 16.7 Å². The number of aromatic nitrogens is 2. The normalized spacial score (nSPS) is 18.7. The highest BCUT2D eigenvalue weighted by Gasteiger charge is 2.33. The Morgan fingerprint density at radius 2 is 1.58 bits per heavy atom. The molecular formula is C19H13F4N3O5. The third-order valence-electron chi connectivity index (χ3n) is 4.92. The van der Waals surface area contributed by atoms with E-state index in [1.165, 1.54) is 0 Å². The number of hydrogen-bond donors (Lipinski definition) is 3. The van der Waals surface area contributed by atoms with E-state index in [1.54, 1.807) is 0 Å². The average molecular weight is 439 g/mol. The van der Waals surface area contributed by atoms with E-state index in [0.717, 1.165) is 4.90 Å². The highest BCUT2D eigenvalue weighted by molar-refractivity contribution is 5.92. The Morgan fingerprint density at radius 1 is 1.00 bits per heavy atom. The molecule has 3 heterocycles. The van der Waals surface area contributed by atoms with Gasteiger partial charge in [-0.1, -0.05) is 0 Å². The molecule has 0 aliphatic carbocycles. The van der Waals surface area contributed by atoms with Crippen LogP contribution in [0.1, 0.15) is 10.4 Å². The van der Waals surface area contributed by atoms with Gasteiger partial charge in [0.1, 0.15) is 17.1 Å². The van der Waals surface area contributed by atoms with Crippen molar-refractivity contribution in [3.63, 3.8) is 0 Å². The molecule has 8 nitrogen and oxygen atoms in total. The summed E-state index contributed by atoms with van der Waals surface area (Å²) in [5.74, 6) is -7.33. The summed E-state index contributed by atoms with van der Waals surface area (Å²) in [4.78, 5) is 29.1. The maximum absolute atomic E-state index is 14.7. The molecule has 0 saturated carbocycles. The number of anilines is 1. The zero-order valence-electron chi connectivity index (χ0n) is 15.4. The van der Waals surface area contributed by atoms with Crippen LogP contribution in [-0.2, 0) is 0 Å². The van der Waals surface area contributed by atoms with E-state index in [1.807, 2.05) is 0 Å². The van der Waals surface area contributed by atoms with Crippen LogP contribution in [-0.4, -0.2) is 56.1 Å². The summed E-state index contributed by atoms with van der Waals surface area (Å²) >= 11 is 0. The maximum atomic E-state index is 14.7. The minimum absolute atomic E-state index is 0.215. The zero-order valence-corrected chi connectivity index (χ0v) is 15.4. The number of hydrogen-bond acceptors (Lipinski definition) is 6. The maximum Gasteiger partial charge on any atom is 0.341 e. The number of β-amino-alcohol motifs (C(OH)–C–C–N with tert-alkyl or cyclic N) is 2. The van der Waals surface area contributed by atoms with Gasteiger partial charge in [0.15, 0.2) is 28.9 Å². The van der Waals surface area contributed by atoms with Crippen molar-refractivity contribution in [1.82, 2.24) is 9.55 Å². The zero-order chi connectivity index (χ0) is 22.6. The largest absolute Gasteiger partial charge is 0.477 e. The van der Waals surface area contributed by atoms with Gasteiger partial charge in [0.2, 0.25) is 5.43 Å². The quantitative estimate of drug-likeness (QED) is 0.525. The van der Waals surface area contributed by atoms with E-state index < -0.39 is 75.0 Å². The molecule has 4 rings (SSSR count). The second-order valence-electron chi connectivity index (χ2n) is 6.97. The van der Waals surface area contributed by atoms with Crippen molar-refractivity contribution >= 4 is 22.8 Å². The lowest BCUT2D eigenvalue weighted by Gasteiger charge is -2.19. The number of halogens is 4. The first-order chi connectivity index (χ1) is 14.6. The number of aliphatic hydroxyl groups excluding tert-OH is 2. The summed E-state index contributed by atoms with van der Waals surface area (Å²) < 4.78 is 57.5. The Balaban J connectivity index is 2.07. The molecule has 0 radical (unpaired) electrons. The van der Waals surface area contributed by atoms with Crippen molar-refractivity contribution in [2.24, 2.45) is 0 Å². The Morgan fingerprint density at radius 3 is 2.13 bits per heavy atom. The van der Waals surface area contributed by atoms with Crippen molar-refractivity contribution < 1.29 is 37.7 Å². The summed E-state index contributed by atoms with van der Waals surface area (Å²) in [6.45, 7) is -0.430. The number of fused-ring (bicyclic) bond motifs is 1. The summed E-state index contributed by atoms with van der Waals surface area (Å²) in [5.41, 5.74) is -3.51. The van der Waals surface area contributed by atoms with E-state index in [4.69, 9.17) is 0 Å². The lowest BCUT2D eigenvalue weighted by Crippen LogP contribution is -2.25. The fourth-order valence-corrected chi connectivity index (χ4v) is 3.47. The highest BCUT2D eigenvalue weighted by atomic mass is 19.1. The smallest absolute Gasteiger partial charge is 0.341 e. The van der Waals surface area contributed by atoms with E-state index >= 15 is 0 Å². The van der Waals surface area contributed by atoms with Crippen molar-refractivity contribution in [2.75, 3.05) is 18.0 Å². The van der Waals surface area contributed by atoms with Crippen molar-refractivity contribution in [1.29, 1.82) is 0 Å².